The summed E-state index contributed by atoms with van der Waals surface area (Å²) >= 11 is 12.1. The third-order valence-electron chi connectivity index (χ3n) is 3.28. The number of alkyl halides is 1. The number of fused-ring (bicyclic) bond motifs is 1. The lowest BCUT2D eigenvalue weighted by Gasteiger charge is -2.19. The van der Waals surface area contributed by atoms with Gasteiger partial charge in [0.05, 0.1) is 16.9 Å². The van der Waals surface area contributed by atoms with Crippen molar-refractivity contribution in [3.05, 3.63) is 29.0 Å². The number of rotatable bonds is 5. The zero-order chi connectivity index (χ0) is 14.0. The number of aromatic nitrogens is 2. The number of hydrogen-bond acceptors (Lipinski definition) is 2. The summed E-state index contributed by atoms with van der Waals surface area (Å²) in [5, 5.41) is 0.731. The highest BCUT2D eigenvalue weighted by molar-refractivity contribution is 6.31. The van der Waals surface area contributed by atoms with Gasteiger partial charge in [-0.05, 0) is 52.2 Å². The summed E-state index contributed by atoms with van der Waals surface area (Å²) < 4.78 is 2.21. The molecule has 1 aromatic carbocycles. The molecule has 0 fully saturated rings. The highest BCUT2D eigenvalue weighted by Gasteiger charge is 2.15. The van der Waals surface area contributed by atoms with Crippen LogP contribution >= 0.6 is 23.2 Å². The predicted molar refractivity (Wildman–Crippen MR) is 82.2 cm³/mol. The van der Waals surface area contributed by atoms with Crippen molar-refractivity contribution in [2.45, 2.75) is 25.3 Å². The summed E-state index contributed by atoms with van der Waals surface area (Å²) in [5.41, 5.74) is 2.02. The molecular weight excluding hydrogens is 281 g/mol. The average Bonchev–Trinajstić information content (AvgIpc) is 2.73. The van der Waals surface area contributed by atoms with Crippen molar-refractivity contribution in [1.82, 2.24) is 14.5 Å². The van der Waals surface area contributed by atoms with E-state index in [1.165, 1.54) is 0 Å². The fourth-order valence-electron chi connectivity index (χ4n) is 2.28. The standard InChI is InChI=1S/C14H19Cl2N3/c1-10(6-7-18(2)3)19-13-8-11(16)4-5-12(13)17-14(19)9-15/h4-5,8,10H,6-7,9H2,1-3H3. The smallest absolute Gasteiger partial charge is 0.125 e. The van der Waals surface area contributed by atoms with Crippen molar-refractivity contribution in [3.8, 4) is 0 Å². The molecule has 3 nitrogen and oxygen atoms in total. The van der Waals surface area contributed by atoms with Gasteiger partial charge < -0.3 is 9.47 Å². The van der Waals surface area contributed by atoms with Gasteiger partial charge in [-0.25, -0.2) is 4.98 Å². The normalized spacial score (nSPS) is 13.4. The minimum absolute atomic E-state index is 0.347. The summed E-state index contributed by atoms with van der Waals surface area (Å²) in [7, 11) is 4.16. The van der Waals surface area contributed by atoms with Crippen LogP contribution in [0.25, 0.3) is 11.0 Å². The molecule has 1 unspecified atom stereocenters. The first-order chi connectivity index (χ1) is 9.02. The van der Waals surface area contributed by atoms with E-state index in [1.807, 2.05) is 18.2 Å². The van der Waals surface area contributed by atoms with Gasteiger partial charge in [-0.1, -0.05) is 11.6 Å². The van der Waals surface area contributed by atoms with E-state index in [-0.39, 0.29) is 0 Å². The highest BCUT2D eigenvalue weighted by Crippen LogP contribution is 2.26. The van der Waals surface area contributed by atoms with Gasteiger partial charge in [-0.3, -0.25) is 0 Å². The number of imidazole rings is 1. The number of nitrogens with zero attached hydrogens (tertiary/aromatic N) is 3. The lowest BCUT2D eigenvalue weighted by molar-refractivity contribution is 0.358. The zero-order valence-electron chi connectivity index (χ0n) is 11.5. The first-order valence-electron chi connectivity index (χ1n) is 6.40. The van der Waals surface area contributed by atoms with Crippen molar-refractivity contribution in [2.75, 3.05) is 20.6 Å². The lowest BCUT2D eigenvalue weighted by Crippen LogP contribution is -2.18. The molecule has 1 aromatic heterocycles. The molecule has 0 saturated carbocycles. The van der Waals surface area contributed by atoms with Crippen LogP contribution in [-0.2, 0) is 5.88 Å². The van der Waals surface area contributed by atoms with Crippen LogP contribution in [0.5, 0.6) is 0 Å². The maximum absolute atomic E-state index is 6.09. The van der Waals surface area contributed by atoms with E-state index >= 15 is 0 Å². The van der Waals surface area contributed by atoms with Gasteiger partial charge in [0.25, 0.3) is 0 Å². The van der Waals surface area contributed by atoms with Crippen LogP contribution in [0, 0.1) is 0 Å². The molecule has 2 rings (SSSR count). The molecule has 104 valence electrons. The van der Waals surface area contributed by atoms with Crippen LogP contribution in [0.3, 0.4) is 0 Å². The van der Waals surface area contributed by atoms with Crippen molar-refractivity contribution in [1.29, 1.82) is 0 Å². The van der Waals surface area contributed by atoms with E-state index in [0.717, 1.165) is 34.8 Å². The molecule has 0 saturated heterocycles. The van der Waals surface area contributed by atoms with E-state index in [9.17, 15) is 0 Å². The Hall–Kier alpha value is -0.770. The van der Waals surface area contributed by atoms with Gasteiger partial charge in [0.2, 0.25) is 0 Å². The van der Waals surface area contributed by atoms with Crippen molar-refractivity contribution in [2.24, 2.45) is 0 Å². The number of hydrogen-bond donors (Lipinski definition) is 0. The fourth-order valence-corrected chi connectivity index (χ4v) is 2.63. The van der Waals surface area contributed by atoms with E-state index in [1.54, 1.807) is 0 Å². The molecule has 1 heterocycles. The van der Waals surface area contributed by atoms with Gasteiger partial charge in [-0.15, -0.1) is 11.6 Å². The van der Waals surface area contributed by atoms with Gasteiger partial charge in [-0.2, -0.15) is 0 Å². The molecule has 0 bridgehead atoms. The molecule has 5 heteroatoms. The lowest BCUT2D eigenvalue weighted by atomic mass is 10.2. The minimum Gasteiger partial charge on any atom is -0.324 e. The molecular formula is C14H19Cl2N3. The van der Waals surface area contributed by atoms with Crippen molar-refractivity contribution >= 4 is 34.2 Å². The van der Waals surface area contributed by atoms with E-state index in [0.29, 0.717) is 11.9 Å². The Morgan fingerprint density at radius 3 is 2.74 bits per heavy atom. The predicted octanol–water partition coefficient (Wildman–Crippen LogP) is 3.94. The molecule has 2 aromatic rings. The molecule has 0 aliphatic rings. The molecule has 1 atom stereocenters. The topological polar surface area (TPSA) is 21.1 Å². The average molecular weight is 300 g/mol. The van der Waals surface area contributed by atoms with Crippen LogP contribution in [0.1, 0.15) is 25.2 Å². The van der Waals surface area contributed by atoms with Crippen molar-refractivity contribution < 1.29 is 0 Å². The number of halogens is 2. The first-order valence-corrected chi connectivity index (χ1v) is 7.31. The van der Waals surface area contributed by atoms with E-state index in [2.05, 4.69) is 35.5 Å². The van der Waals surface area contributed by atoms with Crippen LogP contribution in [0.15, 0.2) is 18.2 Å². The third-order valence-corrected chi connectivity index (χ3v) is 3.75. The Kier molecular flexibility index (Phi) is 4.71. The molecule has 0 amide bonds. The van der Waals surface area contributed by atoms with Gasteiger partial charge >= 0.3 is 0 Å². The summed E-state index contributed by atoms with van der Waals surface area (Å²) in [6.45, 7) is 3.23. The molecule has 0 spiro atoms. The van der Waals surface area contributed by atoms with Crippen molar-refractivity contribution in [3.63, 3.8) is 0 Å². The second kappa shape index (κ2) is 6.12. The quantitative estimate of drug-likeness (QED) is 0.780. The monoisotopic (exact) mass is 299 g/mol. The van der Waals surface area contributed by atoms with Gasteiger partial charge in [0.1, 0.15) is 5.82 Å². The summed E-state index contributed by atoms with van der Waals surface area (Å²) in [5.74, 6) is 1.32. The minimum atomic E-state index is 0.347. The largest absolute Gasteiger partial charge is 0.324 e. The fraction of sp³-hybridized carbons (Fsp3) is 0.500. The molecule has 0 N–H and O–H groups in total. The number of benzene rings is 1. The molecule has 0 aliphatic heterocycles. The third kappa shape index (κ3) is 3.22. The summed E-state index contributed by atoms with van der Waals surface area (Å²) in [4.78, 5) is 6.76. The van der Waals surface area contributed by atoms with Crippen LogP contribution in [0.2, 0.25) is 5.02 Å². The van der Waals surface area contributed by atoms with Gasteiger partial charge in [0.15, 0.2) is 0 Å². The van der Waals surface area contributed by atoms with Crippen LogP contribution in [-0.4, -0.2) is 35.1 Å². The summed E-state index contributed by atoms with van der Waals surface area (Å²) in [6.07, 6.45) is 1.05. The zero-order valence-corrected chi connectivity index (χ0v) is 13.0. The Labute approximate surface area is 124 Å². The van der Waals surface area contributed by atoms with Gasteiger partial charge in [0, 0.05) is 11.1 Å². The Morgan fingerprint density at radius 1 is 1.37 bits per heavy atom. The van der Waals surface area contributed by atoms with E-state index < -0.39 is 0 Å². The van der Waals surface area contributed by atoms with Crippen LogP contribution in [0.4, 0.5) is 0 Å². The summed E-state index contributed by atoms with van der Waals surface area (Å²) in [6, 6.07) is 6.12. The Bertz CT molecular complexity index is 563. The molecule has 19 heavy (non-hydrogen) atoms. The molecule has 0 aliphatic carbocycles. The second-order valence-electron chi connectivity index (χ2n) is 5.11. The first kappa shape index (κ1) is 14.6. The maximum Gasteiger partial charge on any atom is 0.125 e. The highest BCUT2D eigenvalue weighted by atomic mass is 35.5. The SMILES string of the molecule is CC(CCN(C)C)n1c(CCl)nc2ccc(Cl)cc21. The second-order valence-corrected chi connectivity index (χ2v) is 5.81. The Morgan fingerprint density at radius 2 is 2.11 bits per heavy atom. The molecule has 0 radical (unpaired) electrons. The van der Waals surface area contributed by atoms with E-state index in [4.69, 9.17) is 23.2 Å². The Balaban J connectivity index is 2.41. The van der Waals surface area contributed by atoms with Crippen LogP contribution < -0.4 is 0 Å². The maximum atomic E-state index is 6.09.